The van der Waals surface area contributed by atoms with E-state index in [1.54, 1.807) is 29.2 Å². The quantitative estimate of drug-likeness (QED) is 0.804. The molecule has 1 aromatic rings. The zero-order valence-electron chi connectivity index (χ0n) is 14.3. The summed E-state index contributed by atoms with van der Waals surface area (Å²) in [6, 6.07) is 5.81. The first-order valence-electron chi connectivity index (χ1n) is 8.19. The molecule has 1 aliphatic rings. The maximum absolute atomic E-state index is 12.8. The van der Waals surface area contributed by atoms with Crippen molar-refractivity contribution in [2.45, 2.75) is 38.8 Å². The van der Waals surface area contributed by atoms with Gasteiger partial charge in [0.25, 0.3) is 5.91 Å². The molecule has 1 aromatic carbocycles. The van der Waals surface area contributed by atoms with Gasteiger partial charge in [0.15, 0.2) is 0 Å². The van der Waals surface area contributed by atoms with Crippen molar-refractivity contribution in [3.05, 3.63) is 29.8 Å². The third-order valence-corrected chi connectivity index (χ3v) is 4.31. The van der Waals surface area contributed by atoms with Crippen LogP contribution in [0.1, 0.15) is 37.0 Å². The number of carbonyl (C=O) groups excluding carboxylic acids is 3. The standard InChI is InChI=1S/C18H24N2O4/c1-12(2)16(18(23)20-10-6-7-13(20)11-21)19-17(22)14-8-4-5-9-15(14)24-3/h4-5,8-9,11-13,16H,6-7,10H2,1-3H3,(H,19,22)/t13-,16-/m0/s1. The number of rotatable bonds is 6. The zero-order valence-corrected chi connectivity index (χ0v) is 14.3. The smallest absolute Gasteiger partial charge is 0.255 e. The fraction of sp³-hybridized carbons (Fsp3) is 0.500. The molecule has 1 aliphatic heterocycles. The molecule has 6 heteroatoms. The van der Waals surface area contributed by atoms with Crippen LogP contribution in [0, 0.1) is 5.92 Å². The van der Waals surface area contributed by atoms with Gasteiger partial charge < -0.3 is 19.7 Å². The van der Waals surface area contributed by atoms with E-state index in [1.807, 2.05) is 13.8 Å². The van der Waals surface area contributed by atoms with Crippen LogP contribution in [0.3, 0.4) is 0 Å². The average Bonchev–Trinajstić information content (AvgIpc) is 3.07. The van der Waals surface area contributed by atoms with Crippen molar-refractivity contribution in [2.24, 2.45) is 5.92 Å². The van der Waals surface area contributed by atoms with E-state index in [0.29, 0.717) is 24.3 Å². The van der Waals surface area contributed by atoms with E-state index in [1.165, 1.54) is 7.11 Å². The summed E-state index contributed by atoms with van der Waals surface area (Å²) in [6.45, 7) is 4.30. The van der Waals surface area contributed by atoms with Crippen LogP contribution in [0.2, 0.25) is 0 Å². The highest BCUT2D eigenvalue weighted by Gasteiger charge is 2.35. The molecule has 6 nitrogen and oxygen atoms in total. The molecular formula is C18H24N2O4. The Bertz CT molecular complexity index is 615. The van der Waals surface area contributed by atoms with Gasteiger partial charge >= 0.3 is 0 Å². The highest BCUT2D eigenvalue weighted by molar-refractivity contribution is 6.00. The van der Waals surface area contributed by atoms with E-state index >= 15 is 0 Å². The Morgan fingerprint density at radius 3 is 2.67 bits per heavy atom. The Morgan fingerprint density at radius 2 is 2.04 bits per heavy atom. The van der Waals surface area contributed by atoms with Gasteiger partial charge in [-0.2, -0.15) is 0 Å². The van der Waals surface area contributed by atoms with E-state index < -0.39 is 6.04 Å². The van der Waals surface area contributed by atoms with E-state index in [2.05, 4.69) is 5.32 Å². The second-order valence-corrected chi connectivity index (χ2v) is 6.27. The number of likely N-dealkylation sites (tertiary alicyclic amines) is 1. The molecule has 1 fully saturated rings. The lowest BCUT2D eigenvalue weighted by Crippen LogP contribution is -2.52. The van der Waals surface area contributed by atoms with Crippen molar-refractivity contribution < 1.29 is 19.1 Å². The predicted octanol–water partition coefficient (Wildman–Crippen LogP) is 1.64. The molecule has 0 radical (unpaired) electrons. The molecule has 0 unspecified atom stereocenters. The normalized spacial score (nSPS) is 18.3. The minimum absolute atomic E-state index is 0.0935. The van der Waals surface area contributed by atoms with Crippen molar-refractivity contribution in [3.63, 3.8) is 0 Å². The molecule has 0 spiro atoms. The van der Waals surface area contributed by atoms with Crippen LogP contribution in [-0.2, 0) is 9.59 Å². The number of amides is 2. The second kappa shape index (κ2) is 7.95. The van der Waals surface area contributed by atoms with Gasteiger partial charge in [-0.15, -0.1) is 0 Å². The molecule has 2 atom stereocenters. The lowest BCUT2D eigenvalue weighted by molar-refractivity contribution is -0.137. The van der Waals surface area contributed by atoms with Gasteiger partial charge in [0, 0.05) is 6.54 Å². The predicted molar refractivity (Wildman–Crippen MR) is 89.9 cm³/mol. The summed E-state index contributed by atoms with van der Waals surface area (Å²) in [5.41, 5.74) is 0.381. The minimum atomic E-state index is -0.678. The molecule has 0 bridgehead atoms. The third kappa shape index (κ3) is 3.75. The van der Waals surface area contributed by atoms with Crippen LogP contribution in [0.25, 0.3) is 0 Å². The Morgan fingerprint density at radius 1 is 1.33 bits per heavy atom. The van der Waals surface area contributed by atoms with Crippen LogP contribution in [0.15, 0.2) is 24.3 Å². The van der Waals surface area contributed by atoms with Gasteiger partial charge in [-0.25, -0.2) is 0 Å². The fourth-order valence-electron chi connectivity index (χ4n) is 2.95. The Balaban J connectivity index is 2.18. The Labute approximate surface area is 142 Å². The van der Waals surface area contributed by atoms with Gasteiger partial charge in [-0.05, 0) is 30.9 Å². The first kappa shape index (κ1) is 18.0. The molecule has 0 aromatic heterocycles. The van der Waals surface area contributed by atoms with Crippen LogP contribution in [0.5, 0.6) is 5.75 Å². The average molecular weight is 332 g/mol. The molecule has 130 valence electrons. The maximum Gasteiger partial charge on any atom is 0.255 e. The summed E-state index contributed by atoms with van der Waals surface area (Å²) in [7, 11) is 1.50. The lowest BCUT2D eigenvalue weighted by atomic mass is 10.0. The van der Waals surface area contributed by atoms with E-state index in [4.69, 9.17) is 4.74 Å². The van der Waals surface area contributed by atoms with Crippen molar-refractivity contribution >= 4 is 18.1 Å². The van der Waals surface area contributed by atoms with E-state index in [9.17, 15) is 14.4 Å². The summed E-state index contributed by atoms with van der Waals surface area (Å²) >= 11 is 0. The van der Waals surface area contributed by atoms with Gasteiger partial charge in [-0.3, -0.25) is 9.59 Å². The molecule has 2 rings (SSSR count). The van der Waals surface area contributed by atoms with Gasteiger partial charge in [0.1, 0.15) is 18.1 Å². The van der Waals surface area contributed by atoms with E-state index in [0.717, 1.165) is 12.7 Å². The summed E-state index contributed by atoms with van der Waals surface area (Å²) in [5.74, 6) is -0.204. The van der Waals surface area contributed by atoms with Gasteiger partial charge in [-0.1, -0.05) is 26.0 Å². The SMILES string of the molecule is COc1ccccc1C(=O)N[C@H](C(=O)N1CCC[C@H]1C=O)C(C)C. The number of carbonyl (C=O) groups is 3. The zero-order chi connectivity index (χ0) is 17.7. The molecule has 1 heterocycles. The number of aldehydes is 1. The largest absolute Gasteiger partial charge is 0.496 e. The lowest BCUT2D eigenvalue weighted by Gasteiger charge is -2.29. The van der Waals surface area contributed by atoms with Crippen LogP contribution in [0.4, 0.5) is 0 Å². The van der Waals surface area contributed by atoms with Crippen LogP contribution < -0.4 is 10.1 Å². The molecular weight excluding hydrogens is 308 g/mol. The van der Waals surface area contributed by atoms with Crippen LogP contribution >= 0.6 is 0 Å². The second-order valence-electron chi connectivity index (χ2n) is 6.27. The van der Waals surface area contributed by atoms with Crippen molar-refractivity contribution in [1.29, 1.82) is 0 Å². The first-order chi connectivity index (χ1) is 11.5. The molecule has 1 N–H and O–H groups in total. The summed E-state index contributed by atoms with van der Waals surface area (Å²) in [6.07, 6.45) is 2.30. The third-order valence-electron chi connectivity index (χ3n) is 4.31. The van der Waals surface area contributed by atoms with E-state index in [-0.39, 0.29) is 23.8 Å². The molecule has 1 saturated heterocycles. The molecule has 0 saturated carbocycles. The van der Waals surface area contributed by atoms with Gasteiger partial charge in [0.05, 0.1) is 18.7 Å². The highest BCUT2D eigenvalue weighted by Crippen LogP contribution is 2.21. The molecule has 24 heavy (non-hydrogen) atoms. The highest BCUT2D eigenvalue weighted by atomic mass is 16.5. The number of ether oxygens (including phenoxy) is 1. The van der Waals surface area contributed by atoms with Crippen molar-refractivity contribution in [1.82, 2.24) is 10.2 Å². The number of nitrogens with one attached hydrogen (secondary N) is 1. The summed E-state index contributed by atoms with van der Waals surface area (Å²) in [4.78, 5) is 38.1. The number of hydrogen-bond acceptors (Lipinski definition) is 4. The van der Waals surface area contributed by atoms with Crippen molar-refractivity contribution in [3.8, 4) is 5.75 Å². The number of benzene rings is 1. The topological polar surface area (TPSA) is 75.7 Å². The monoisotopic (exact) mass is 332 g/mol. The number of hydrogen-bond donors (Lipinski definition) is 1. The number of para-hydroxylation sites is 1. The number of methoxy groups -OCH3 is 1. The van der Waals surface area contributed by atoms with Crippen molar-refractivity contribution in [2.75, 3.05) is 13.7 Å². The summed E-state index contributed by atoms with van der Waals surface area (Å²) in [5, 5.41) is 2.80. The molecule has 2 amide bonds. The number of nitrogens with zero attached hydrogens (tertiary/aromatic N) is 1. The van der Waals surface area contributed by atoms with Gasteiger partial charge in [0.2, 0.25) is 5.91 Å². The Kier molecular flexibility index (Phi) is 5.95. The van der Waals surface area contributed by atoms with Crippen LogP contribution in [-0.4, -0.2) is 48.7 Å². The molecule has 0 aliphatic carbocycles. The summed E-state index contributed by atoms with van der Waals surface area (Å²) < 4.78 is 5.20. The maximum atomic E-state index is 12.8. The Hall–Kier alpha value is -2.37. The fourth-order valence-corrected chi connectivity index (χ4v) is 2.95. The minimum Gasteiger partial charge on any atom is -0.496 e. The first-order valence-corrected chi connectivity index (χ1v) is 8.19.